The van der Waals surface area contributed by atoms with Gasteiger partial charge in [-0.3, -0.25) is 4.79 Å². The summed E-state index contributed by atoms with van der Waals surface area (Å²) in [5, 5.41) is 12.5. The fourth-order valence-electron chi connectivity index (χ4n) is 2.65. The number of hydrogen-bond donors (Lipinski definition) is 2. The molecule has 3 heteroatoms. The van der Waals surface area contributed by atoms with Gasteiger partial charge in [0.15, 0.2) is 0 Å². The molecule has 2 rings (SSSR count). The van der Waals surface area contributed by atoms with E-state index >= 15 is 0 Å². The molecule has 0 unspecified atom stereocenters. The molecular formula is C16H23NO2. The zero-order valence-electron chi connectivity index (χ0n) is 11.8. The molecule has 1 fully saturated rings. The summed E-state index contributed by atoms with van der Waals surface area (Å²) < 4.78 is 0. The number of hydrogen-bond acceptors (Lipinski definition) is 2. The average Bonchev–Trinajstić information content (AvgIpc) is 2.40. The minimum Gasteiger partial charge on any atom is -0.481 e. The zero-order valence-corrected chi connectivity index (χ0v) is 11.8. The van der Waals surface area contributed by atoms with Crippen LogP contribution in [0.2, 0.25) is 0 Å². The number of aliphatic carboxylic acids is 1. The summed E-state index contributed by atoms with van der Waals surface area (Å²) in [6.45, 7) is 5.74. The summed E-state index contributed by atoms with van der Waals surface area (Å²) in [6, 6.07) is 8.51. The van der Waals surface area contributed by atoms with E-state index in [-0.39, 0.29) is 0 Å². The van der Waals surface area contributed by atoms with Crippen LogP contribution in [0.4, 0.5) is 0 Å². The van der Waals surface area contributed by atoms with E-state index in [1.165, 1.54) is 18.4 Å². The number of piperidine rings is 1. The van der Waals surface area contributed by atoms with Crippen molar-refractivity contribution in [1.82, 2.24) is 5.32 Å². The first-order valence-corrected chi connectivity index (χ1v) is 7.02. The molecule has 19 heavy (non-hydrogen) atoms. The fourth-order valence-corrected chi connectivity index (χ4v) is 2.65. The van der Waals surface area contributed by atoms with E-state index in [0.29, 0.717) is 12.3 Å². The normalized spacial score (nSPS) is 17.4. The number of nitrogens with one attached hydrogen (secondary N) is 1. The molecule has 3 nitrogen and oxygen atoms in total. The van der Waals surface area contributed by atoms with Crippen LogP contribution in [0.1, 0.15) is 43.7 Å². The summed E-state index contributed by atoms with van der Waals surface area (Å²) in [6.07, 6.45) is 2.97. The van der Waals surface area contributed by atoms with Crippen molar-refractivity contribution in [3.05, 3.63) is 35.4 Å². The number of benzene rings is 1. The molecule has 0 amide bonds. The Kier molecular flexibility index (Phi) is 4.25. The van der Waals surface area contributed by atoms with E-state index in [9.17, 15) is 4.79 Å². The molecule has 1 heterocycles. The largest absolute Gasteiger partial charge is 0.481 e. The molecule has 0 bridgehead atoms. The number of carbonyl (C=O) groups is 1. The zero-order chi connectivity index (χ0) is 13.9. The first kappa shape index (κ1) is 14.1. The van der Waals surface area contributed by atoms with Gasteiger partial charge < -0.3 is 10.4 Å². The summed E-state index contributed by atoms with van der Waals surface area (Å²) in [7, 11) is 0. The number of carboxylic acid groups (broad SMARTS) is 1. The molecule has 1 aromatic carbocycles. The monoisotopic (exact) mass is 261 g/mol. The molecule has 0 aliphatic carbocycles. The van der Waals surface area contributed by atoms with Crippen LogP contribution in [0, 0.1) is 5.41 Å². The molecule has 104 valence electrons. The van der Waals surface area contributed by atoms with Gasteiger partial charge in [0, 0.05) is 0 Å². The second-order valence-corrected chi connectivity index (χ2v) is 6.13. The minimum absolute atomic E-state index is 0.578. The molecule has 1 aromatic rings. The van der Waals surface area contributed by atoms with Gasteiger partial charge in [0.1, 0.15) is 0 Å². The molecular weight excluding hydrogens is 238 g/mol. The van der Waals surface area contributed by atoms with Crippen molar-refractivity contribution in [2.24, 2.45) is 5.41 Å². The Morgan fingerprint density at radius 2 is 1.84 bits per heavy atom. The van der Waals surface area contributed by atoms with Gasteiger partial charge in [-0.25, -0.2) is 0 Å². The van der Waals surface area contributed by atoms with Gasteiger partial charge in [-0.1, -0.05) is 24.3 Å². The lowest BCUT2D eigenvalue weighted by atomic mass is 9.84. The van der Waals surface area contributed by atoms with Gasteiger partial charge in [0.05, 0.1) is 5.41 Å². The van der Waals surface area contributed by atoms with E-state index in [1.807, 2.05) is 0 Å². The van der Waals surface area contributed by atoms with E-state index in [2.05, 4.69) is 29.6 Å². The highest BCUT2D eigenvalue weighted by molar-refractivity contribution is 5.74. The number of carboxylic acids is 1. The maximum absolute atomic E-state index is 11.1. The lowest BCUT2D eigenvalue weighted by Crippen LogP contribution is -2.27. The maximum atomic E-state index is 11.1. The van der Waals surface area contributed by atoms with Crippen LogP contribution >= 0.6 is 0 Å². The summed E-state index contributed by atoms with van der Waals surface area (Å²) in [4.78, 5) is 11.1. The Morgan fingerprint density at radius 1 is 1.26 bits per heavy atom. The Bertz CT molecular complexity index is 431. The quantitative estimate of drug-likeness (QED) is 0.876. The Balaban J connectivity index is 2.04. The molecule has 0 atom stereocenters. The Labute approximate surface area is 115 Å². The molecule has 0 radical (unpaired) electrons. The predicted molar refractivity (Wildman–Crippen MR) is 76.4 cm³/mol. The Morgan fingerprint density at radius 3 is 2.37 bits per heavy atom. The van der Waals surface area contributed by atoms with Gasteiger partial charge in [-0.2, -0.15) is 0 Å². The standard InChI is InChI=1S/C16H23NO2/c1-16(2,15(18)19)11-12-3-5-13(6-4-12)14-7-9-17-10-8-14/h3-6,14,17H,7-11H2,1-2H3,(H,18,19). The fraction of sp³-hybridized carbons (Fsp3) is 0.562. The van der Waals surface area contributed by atoms with Crippen LogP contribution in [0.3, 0.4) is 0 Å². The second-order valence-electron chi connectivity index (χ2n) is 6.13. The lowest BCUT2D eigenvalue weighted by Gasteiger charge is -2.24. The molecule has 1 aliphatic heterocycles. The second kappa shape index (κ2) is 5.74. The van der Waals surface area contributed by atoms with Crippen LogP contribution in [-0.2, 0) is 11.2 Å². The maximum Gasteiger partial charge on any atom is 0.309 e. The van der Waals surface area contributed by atoms with E-state index in [1.54, 1.807) is 13.8 Å². The van der Waals surface area contributed by atoms with Crippen LogP contribution in [0.15, 0.2) is 24.3 Å². The third-order valence-corrected chi connectivity index (χ3v) is 4.02. The molecule has 2 N–H and O–H groups in total. The van der Waals surface area contributed by atoms with Gasteiger partial charge in [0.2, 0.25) is 0 Å². The SMILES string of the molecule is CC(C)(Cc1ccc(C2CCNCC2)cc1)C(=O)O. The lowest BCUT2D eigenvalue weighted by molar-refractivity contribution is -0.146. The van der Waals surface area contributed by atoms with Crippen LogP contribution in [0.5, 0.6) is 0 Å². The van der Waals surface area contributed by atoms with Crippen LogP contribution in [-0.4, -0.2) is 24.2 Å². The Hall–Kier alpha value is -1.35. The molecule has 0 spiro atoms. The van der Waals surface area contributed by atoms with Gasteiger partial charge in [-0.15, -0.1) is 0 Å². The molecule has 1 saturated heterocycles. The summed E-state index contributed by atoms with van der Waals surface area (Å²) in [5.41, 5.74) is 1.79. The third kappa shape index (κ3) is 3.57. The first-order valence-electron chi connectivity index (χ1n) is 7.02. The van der Waals surface area contributed by atoms with Crippen LogP contribution in [0.25, 0.3) is 0 Å². The van der Waals surface area contributed by atoms with Crippen molar-refractivity contribution >= 4 is 5.97 Å². The van der Waals surface area contributed by atoms with Crippen molar-refractivity contribution < 1.29 is 9.90 Å². The van der Waals surface area contributed by atoms with E-state index < -0.39 is 11.4 Å². The highest BCUT2D eigenvalue weighted by Crippen LogP contribution is 2.27. The average molecular weight is 261 g/mol. The van der Waals surface area contributed by atoms with Gasteiger partial charge >= 0.3 is 5.97 Å². The van der Waals surface area contributed by atoms with Gasteiger partial charge in [0.25, 0.3) is 0 Å². The van der Waals surface area contributed by atoms with Crippen molar-refractivity contribution in [2.75, 3.05) is 13.1 Å². The van der Waals surface area contributed by atoms with Crippen molar-refractivity contribution in [2.45, 2.75) is 39.0 Å². The summed E-state index contributed by atoms with van der Waals surface area (Å²) >= 11 is 0. The summed E-state index contributed by atoms with van der Waals surface area (Å²) in [5.74, 6) is -0.0854. The minimum atomic E-state index is -0.741. The van der Waals surface area contributed by atoms with E-state index in [4.69, 9.17) is 5.11 Å². The van der Waals surface area contributed by atoms with Crippen molar-refractivity contribution in [1.29, 1.82) is 0 Å². The van der Waals surface area contributed by atoms with Crippen molar-refractivity contribution in [3.8, 4) is 0 Å². The smallest absolute Gasteiger partial charge is 0.309 e. The van der Waals surface area contributed by atoms with Crippen LogP contribution < -0.4 is 5.32 Å². The molecule has 0 saturated carbocycles. The third-order valence-electron chi connectivity index (χ3n) is 4.02. The highest BCUT2D eigenvalue weighted by Gasteiger charge is 2.27. The van der Waals surface area contributed by atoms with E-state index in [0.717, 1.165) is 18.7 Å². The molecule has 1 aliphatic rings. The first-order chi connectivity index (χ1) is 8.99. The molecule has 0 aromatic heterocycles. The topological polar surface area (TPSA) is 49.3 Å². The number of rotatable bonds is 4. The predicted octanol–water partition coefficient (Wildman–Crippen LogP) is 2.81. The van der Waals surface area contributed by atoms with Crippen molar-refractivity contribution in [3.63, 3.8) is 0 Å². The highest BCUT2D eigenvalue weighted by atomic mass is 16.4. The van der Waals surface area contributed by atoms with Gasteiger partial charge in [-0.05, 0) is 63.2 Å².